The van der Waals surface area contributed by atoms with Gasteiger partial charge in [0.15, 0.2) is 0 Å². The summed E-state index contributed by atoms with van der Waals surface area (Å²) in [4.78, 5) is 0. The summed E-state index contributed by atoms with van der Waals surface area (Å²) in [5.74, 6) is 3.85. The molecule has 0 amide bonds. The second-order valence-electron chi connectivity index (χ2n) is 10.9. The van der Waals surface area contributed by atoms with Crippen LogP contribution in [0.4, 0.5) is 0 Å². The Labute approximate surface area is 308 Å². The maximum absolute atomic E-state index is 6.19. The molecule has 0 aliphatic carbocycles. The molecule has 4 nitrogen and oxygen atoms in total. The number of hydrogen-bond donors (Lipinski definition) is 0. The van der Waals surface area contributed by atoms with E-state index in [1.165, 1.54) is 16.7 Å². The average molecular weight is 771 g/mol. The van der Waals surface area contributed by atoms with Crippen molar-refractivity contribution in [3.8, 4) is 28.4 Å². The quantitative estimate of drug-likeness (QED) is 0.0657. The van der Waals surface area contributed by atoms with Gasteiger partial charge in [0.1, 0.15) is 30.5 Å². The third kappa shape index (κ3) is 12.8. The Morgan fingerprint density at radius 2 is 1.31 bits per heavy atom. The van der Waals surface area contributed by atoms with Gasteiger partial charge in [0, 0.05) is 30.0 Å². The van der Waals surface area contributed by atoms with Crippen molar-refractivity contribution in [1.29, 1.82) is 0 Å². The van der Waals surface area contributed by atoms with Crippen molar-refractivity contribution in [3.63, 3.8) is 0 Å². The topological polar surface area (TPSA) is 36.9 Å². The molecule has 0 atom stereocenters. The highest BCUT2D eigenvalue weighted by molar-refractivity contribution is 9.10. The Morgan fingerprint density at radius 3 is 1.92 bits per heavy atom. The maximum Gasteiger partial charge on any atom is 0.134 e. The van der Waals surface area contributed by atoms with Crippen molar-refractivity contribution < 1.29 is 18.9 Å². The number of rotatable bonds is 18. The summed E-state index contributed by atoms with van der Waals surface area (Å²) in [6.07, 6.45) is 3.53. The van der Waals surface area contributed by atoms with E-state index < -0.39 is 0 Å². The van der Waals surface area contributed by atoms with Crippen molar-refractivity contribution >= 4 is 50.5 Å². The van der Waals surface area contributed by atoms with Gasteiger partial charge in [0.25, 0.3) is 0 Å². The van der Waals surface area contributed by atoms with Crippen molar-refractivity contribution in [3.05, 3.63) is 135 Å². The van der Waals surface area contributed by atoms with E-state index in [1.807, 2.05) is 48.5 Å². The molecule has 5 aromatic rings. The average Bonchev–Trinajstić information content (AvgIpc) is 3.67. The minimum atomic E-state index is 0.532. The second kappa shape index (κ2) is 21.9. The molecule has 0 aliphatic heterocycles. The number of ether oxygens (including phenoxy) is 4. The minimum Gasteiger partial charge on any atom is -0.493 e. The molecule has 48 heavy (non-hydrogen) atoms. The molecule has 0 saturated heterocycles. The normalized spacial score (nSPS) is 10.7. The molecule has 0 bridgehead atoms. The molecule has 0 spiro atoms. The first-order chi connectivity index (χ1) is 23.6. The van der Waals surface area contributed by atoms with Crippen molar-refractivity contribution in [1.82, 2.24) is 0 Å². The molecule has 1 aromatic heterocycles. The van der Waals surface area contributed by atoms with Crippen LogP contribution in [0.3, 0.4) is 0 Å². The van der Waals surface area contributed by atoms with Crippen LogP contribution in [-0.4, -0.2) is 31.6 Å². The van der Waals surface area contributed by atoms with Gasteiger partial charge in [-0.2, -0.15) is 11.3 Å². The number of thiophene rings is 1. The van der Waals surface area contributed by atoms with Gasteiger partial charge in [-0.1, -0.05) is 73.7 Å². The fourth-order valence-corrected chi connectivity index (χ4v) is 6.17. The van der Waals surface area contributed by atoms with Crippen LogP contribution in [0.15, 0.2) is 112 Å². The smallest absolute Gasteiger partial charge is 0.134 e. The Morgan fingerprint density at radius 1 is 0.646 bits per heavy atom. The number of aryl methyl sites for hydroxylation is 1. The van der Waals surface area contributed by atoms with E-state index in [4.69, 9.17) is 42.1 Å². The molecule has 0 radical (unpaired) electrons. The Bertz CT molecular complexity index is 1600. The first-order valence-electron chi connectivity index (χ1n) is 16.2. The van der Waals surface area contributed by atoms with Crippen LogP contribution in [0.1, 0.15) is 42.0 Å². The molecular formula is C40H43BrCl2O4S. The molecule has 0 unspecified atom stereocenters. The van der Waals surface area contributed by atoms with Gasteiger partial charge in [-0.15, -0.1) is 23.2 Å². The molecular weight excluding hydrogens is 727 g/mol. The fourth-order valence-electron chi connectivity index (χ4n) is 4.75. The SMILES string of the molecule is CCc1cc(-c2ccsc2)c(OCc2ccccc2)cc1OCCCCl.ClCCCOCCc1ccc(OCc2ccccc2)c(Br)c1. The van der Waals surface area contributed by atoms with Crippen LogP contribution >= 0.6 is 50.5 Å². The zero-order valence-electron chi connectivity index (χ0n) is 27.3. The zero-order chi connectivity index (χ0) is 33.8. The lowest BCUT2D eigenvalue weighted by molar-refractivity contribution is 0.138. The van der Waals surface area contributed by atoms with Gasteiger partial charge in [-0.3, -0.25) is 0 Å². The lowest BCUT2D eigenvalue weighted by Crippen LogP contribution is -2.03. The van der Waals surface area contributed by atoms with Crippen molar-refractivity contribution in [2.24, 2.45) is 0 Å². The van der Waals surface area contributed by atoms with Crippen LogP contribution in [0.25, 0.3) is 11.1 Å². The van der Waals surface area contributed by atoms with E-state index in [0.29, 0.717) is 38.2 Å². The maximum atomic E-state index is 6.19. The Balaban J connectivity index is 0.000000220. The lowest BCUT2D eigenvalue weighted by Gasteiger charge is -2.17. The van der Waals surface area contributed by atoms with Crippen LogP contribution in [-0.2, 0) is 30.8 Å². The Kier molecular flexibility index (Phi) is 17.2. The highest BCUT2D eigenvalue weighted by Crippen LogP contribution is 2.38. The summed E-state index contributed by atoms with van der Waals surface area (Å²) in [6, 6.07) is 32.9. The molecule has 0 fully saturated rings. The first-order valence-corrected chi connectivity index (χ1v) is 19.1. The van der Waals surface area contributed by atoms with Gasteiger partial charge in [-0.05, 0) is 104 Å². The molecule has 4 aromatic carbocycles. The highest BCUT2D eigenvalue weighted by atomic mass is 79.9. The zero-order valence-corrected chi connectivity index (χ0v) is 31.3. The molecule has 0 aliphatic rings. The molecule has 0 saturated carbocycles. The predicted molar refractivity (Wildman–Crippen MR) is 206 cm³/mol. The molecule has 5 rings (SSSR count). The molecule has 1 heterocycles. The fraction of sp³-hybridized carbons (Fsp3) is 0.300. The van der Waals surface area contributed by atoms with Crippen molar-refractivity contribution in [2.75, 3.05) is 31.6 Å². The number of benzene rings is 4. The van der Waals surface area contributed by atoms with E-state index in [2.05, 4.69) is 82.1 Å². The van der Waals surface area contributed by atoms with E-state index in [9.17, 15) is 0 Å². The predicted octanol–water partition coefficient (Wildman–Crippen LogP) is 11.8. The van der Waals surface area contributed by atoms with Gasteiger partial charge >= 0.3 is 0 Å². The third-order valence-electron chi connectivity index (χ3n) is 7.34. The summed E-state index contributed by atoms with van der Waals surface area (Å²) in [5.41, 5.74) is 7.01. The summed E-state index contributed by atoms with van der Waals surface area (Å²) in [5, 5.41) is 4.24. The summed E-state index contributed by atoms with van der Waals surface area (Å²) in [6.45, 7) is 5.31. The van der Waals surface area contributed by atoms with Gasteiger partial charge in [0.2, 0.25) is 0 Å². The molecule has 8 heteroatoms. The molecule has 0 N–H and O–H groups in total. The highest BCUT2D eigenvalue weighted by Gasteiger charge is 2.14. The standard InChI is InChI=1S/C22H23ClO2S.C18H20BrClO2/c1-2-18-13-20(19-9-12-26-16-19)22(14-21(18)24-11-6-10-23)25-15-17-7-4-3-5-8-17;19-17-13-15(9-12-21-11-4-10-20)7-8-18(17)22-14-16-5-2-1-3-6-16/h3-5,7-9,12-14,16H,2,6,10-11,15H2,1H3;1-3,5-8,13H,4,9-12,14H2. The monoisotopic (exact) mass is 768 g/mol. The summed E-state index contributed by atoms with van der Waals surface area (Å²) >= 11 is 16.7. The van der Waals surface area contributed by atoms with Crippen LogP contribution in [0.5, 0.6) is 17.2 Å². The van der Waals surface area contributed by atoms with Gasteiger partial charge in [0.05, 0.1) is 17.7 Å². The minimum absolute atomic E-state index is 0.532. The van der Waals surface area contributed by atoms with E-state index in [0.717, 1.165) is 70.7 Å². The van der Waals surface area contributed by atoms with E-state index in [-0.39, 0.29) is 0 Å². The third-order valence-corrected chi connectivity index (χ3v) is 9.18. The number of halogens is 3. The Hall–Kier alpha value is -3.00. The van der Waals surface area contributed by atoms with Crippen molar-refractivity contribution in [2.45, 2.75) is 45.8 Å². The first kappa shape index (κ1) is 37.8. The summed E-state index contributed by atoms with van der Waals surface area (Å²) in [7, 11) is 0. The molecule has 254 valence electrons. The van der Waals surface area contributed by atoms with Gasteiger partial charge < -0.3 is 18.9 Å². The van der Waals surface area contributed by atoms with Crippen LogP contribution in [0.2, 0.25) is 0 Å². The number of hydrogen-bond acceptors (Lipinski definition) is 5. The van der Waals surface area contributed by atoms with E-state index >= 15 is 0 Å². The second-order valence-corrected chi connectivity index (χ2v) is 13.3. The van der Waals surface area contributed by atoms with Gasteiger partial charge in [-0.25, -0.2) is 0 Å². The van der Waals surface area contributed by atoms with Crippen LogP contribution in [0, 0.1) is 0 Å². The van der Waals surface area contributed by atoms with Crippen LogP contribution < -0.4 is 14.2 Å². The van der Waals surface area contributed by atoms with E-state index in [1.54, 1.807) is 11.3 Å². The lowest BCUT2D eigenvalue weighted by atomic mass is 10.0. The summed E-state index contributed by atoms with van der Waals surface area (Å²) < 4.78 is 24.5. The number of alkyl halides is 2. The largest absolute Gasteiger partial charge is 0.493 e.